The normalized spacial score (nSPS) is 13.1. The maximum absolute atomic E-state index is 13.4. The molecule has 3 aromatic rings. The summed E-state index contributed by atoms with van der Waals surface area (Å²) in [6, 6.07) is 16.4. The Kier molecular flexibility index (Phi) is 5.17. The third-order valence-electron chi connectivity index (χ3n) is 4.83. The lowest BCUT2D eigenvalue weighted by atomic mass is 10.2. The molecule has 6 nitrogen and oxygen atoms in total. The van der Waals surface area contributed by atoms with Crippen LogP contribution in [0.4, 0.5) is 10.1 Å². The first kappa shape index (κ1) is 19.9. The van der Waals surface area contributed by atoms with Crippen molar-refractivity contribution in [2.24, 2.45) is 0 Å². The van der Waals surface area contributed by atoms with Gasteiger partial charge in [-0.3, -0.25) is 4.31 Å². The number of carbonyl (C=O) groups excluding carboxylic acids is 1. The van der Waals surface area contributed by atoms with E-state index in [4.69, 9.17) is 9.47 Å². The van der Waals surface area contributed by atoms with Gasteiger partial charge in [-0.15, -0.1) is 0 Å². The van der Waals surface area contributed by atoms with Gasteiger partial charge in [0.25, 0.3) is 10.0 Å². The van der Waals surface area contributed by atoms with Gasteiger partial charge in [-0.05, 0) is 48.4 Å². The molecule has 8 heteroatoms. The highest BCUT2D eigenvalue weighted by Gasteiger charge is 2.31. The quantitative estimate of drug-likeness (QED) is 0.457. The van der Waals surface area contributed by atoms with Crippen LogP contribution < -0.4 is 13.8 Å². The van der Waals surface area contributed by atoms with Crippen LogP contribution in [-0.4, -0.2) is 28.0 Å². The Hall–Kier alpha value is -3.39. The fourth-order valence-electron chi connectivity index (χ4n) is 3.38. The first-order chi connectivity index (χ1) is 14.4. The maximum Gasteiger partial charge on any atom is 0.347 e. The van der Waals surface area contributed by atoms with Crippen molar-refractivity contribution in [2.45, 2.75) is 11.3 Å². The molecule has 0 spiro atoms. The SMILES string of the molecule is COc1ccc(S(=O)(=O)N2CCc3ccccc32)cc1C(=O)Oc1cccc(F)c1. The van der Waals surface area contributed by atoms with E-state index in [9.17, 15) is 17.6 Å². The lowest BCUT2D eigenvalue weighted by Gasteiger charge is -2.20. The number of rotatable bonds is 5. The van der Waals surface area contributed by atoms with Gasteiger partial charge in [0.2, 0.25) is 0 Å². The first-order valence-corrected chi connectivity index (χ1v) is 10.6. The summed E-state index contributed by atoms with van der Waals surface area (Å²) in [6.07, 6.45) is 0.611. The van der Waals surface area contributed by atoms with Crippen molar-refractivity contribution in [1.29, 1.82) is 0 Å². The number of hydrogen-bond acceptors (Lipinski definition) is 5. The molecular formula is C22H18FNO5S. The molecule has 0 N–H and O–H groups in total. The molecule has 0 atom stereocenters. The highest BCUT2D eigenvalue weighted by atomic mass is 32.2. The fourth-order valence-corrected chi connectivity index (χ4v) is 4.91. The predicted octanol–water partition coefficient (Wildman–Crippen LogP) is 3.80. The van der Waals surface area contributed by atoms with Gasteiger partial charge in [0.15, 0.2) is 0 Å². The van der Waals surface area contributed by atoms with Crippen molar-refractivity contribution in [1.82, 2.24) is 0 Å². The zero-order valence-corrected chi connectivity index (χ0v) is 16.9. The molecule has 0 saturated carbocycles. The Balaban J connectivity index is 1.70. The number of carbonyl (C=O) groups is 1. The minimum absolute atomic E-state index is 0.00350. The summed E-state index contributed by atoms with van der Waals surface area (Å²) in [4.78, 5) is 12.6. The second-order valence-electron chi connectivity index (χ2n) is 6.66. The van der Waals surface area contributed by atoms with Crippen LogP contribution in [0.25, 0.3) is 0 Å². The number of hydrogen-bond donors (Lipinski definition) is 0. The van der Waals surface area contributed by atoms with E-state index in [0.29, 0.717) is 18.7 Å². The van der Waals surface area contributed by atoms with Crippen LogP contribution in [0.3, 0.4) is 0 Å². The Morgan fingerprint density at radius 2 is 1.83 bits per heavy atom. The van der Waals surface area contributed by atoms with E-state index in [1.54, 1.807) is 12.1 Å². The summed E-state index contributed by atoms with van der Waals surface area (Å²) >= 11 is 0. The van der Waals surface area contributed by atoms with Crippen molar-refractivity contribution in [3.8, 4) is 11.5 Å². The van der Waals surface area contributed by atoms with E-state index in [2.05, 4.69) is 0 Å². The molecule has 0 unspecified atom stereocenters. The molecule has 4 rings (SSSR count). The minimum atomic E-state index is -3.90. The summed E-state index contributed by atoms with van der Waals surface area (Å²) in [5.41, 5.74) is 1.49. The molecule has 0 bridgehead atoms. The molecule has 154 valence electrons. The van der Waals surface area contributed by atoms with Gasteiger partial charge in [0, 0.05) is 12.6 Å². The molecular weight excluding hydrogens is 409 g/mol. The van der Waals surface area contributed by atoms with E-state index in [-0.39, 0.29) is 22.0 Å². The second kappa shape index (κ2) is 7.79. The lowest BCUT2D eigenvalue weighted by Crippen LogP contribution is -2.29. The Bertz CT molecular complexity index is 1230. The average molecular weight is 427 g/mol. The number of nitrogens with zero attached hydrogens (tertiary/aromatic N) is 1. The van der Waals surface area contributed by atoms with E-state index < -0.39 is 21.8 Å². The van der Waals surface area contributed by atoms with Gasteiger partial charge in [0.05, 0.1) is 17.7 Å². The molecule has 0 aliphatic carbocycles. The van der Waals surface area contributed by atoms with Crippen LogP contribution in [-0.2, 0) is 16.4 Å². The van der Waals surface area contributed by atoms with Gasteiger partial charge in [-0.25, -0.2) is 17.6 Å². The number of benzene rings is 3. The third-order valence-corrected chi connectivity index (χ3v) is 6.64. The number of para-hydroxylation sites is 1. The fraction of sp³-hybridized carbons (Fsp3) is 0.136. The number of sulfonamides is 1. The molecule has 0 fully saturated rings. The molecule has 1 heterocycles. The molecule has 0 radical (unpaired) electrons. The summed E-state index contributed by atoms with van der Waals surface area (Å²) in [5, 5.41) is 0. The molecule has 1 aliphatic heterocycles. The van der Waals surface area contributed by atoms with Gasteiger partial charge >= 0.3 is 5.97 Å². The van der Waals surface area contributed by atoms with Crippen molar-refractivity contribution in [3.63, 3.8) is 0 Å². The molecule has 30 heavy (non-hydrogen) atoms. The highest BCUT2D eigenvalue weighted by molar-refractivity contribution is 7.92. The minimum Gasteiger partial charge on any atom is -0.496 e. The maximum atomic E-state index is 13.4. The lowest BCUT2D eigenvalue weighted by molar-refractivity contribution is 0.0730. The molecule has 0 amide bonds. The largest absolute Gasteiger partial charge is 0.496 e. The van der Waals surface area contributed by atoms with Crippen molar-refractivity contribution >= 4 is 21.7 Å². The first-order valence-electron chi connectivity index (χ1n) is 9.16. The number of methoxy groups -OCH3 is 1. The number of ether oxygens (including phenoxy) is 2. The zero-order valence-electron chi connectivity index (χ0n) is 16.0. The zero-order chi connectivity index (χ0) is 21.3. The third kappa shape index (κ3) is 3.61. The topological polar surface area (TPSA) is 72.9 Å². The van der Waals surface area contributed by atoms with E-state index >= 15 is 0 Å². The highest BCUT2D eigenvalue weighted by Crippen LogP contribution is 2.34. The van der Waals surface area contributed by atoms with Gasteiger partial charge < -0.3 is 9.47 Å². The Morgan fingerprint density at radius 1 is 1.03 bits per heavy atom. The van der Waals surface area contributed by atoms with Gasteiger partial charge in [0.1, 0.15) is 22.9 Å². The molecule has 0 aromatic heterocycles. The van der Waals surface area contributed by atoms with Crippen LogP contribution >= 0.6 is 0 Å². The average Bonchev–Trinajstić information content (AvgIpc) is 3.18. The predicted molar refractivity (Wildman–Crippen MR) is 109 cm³/mol. The molecule has 1 aliphatic rings. The summed E-state index contributed by atoms with van der Waals surface area (Å²) in [7, 11) is -2.54. The number of esters is 1. The van der Waals surface area contributed by atoms with Crippen LogP contribution in [0.2, 0.25) is 0 Å². The smallest absolute Gasteiger partial charge is 0.347 e. The monoisotopic (exact) mass is 427 g/mol. The summed E-state index contributed by atoms with van der Waals surface area (Å²) in [6.45, 7) is 0.316. The number of halogens is 1. The summed E-state index contributed by atoms with van der Waals surface area (Å²) < 4.78 is 51.6. The Labute approximate surface area is 173 Å². The van der Waals surface area contributed by atoms with Crippen molar-refractivity contribution < 1.29 is 27.1 Å². The van der Waals surface area contributed by atoms with Crippen molar-refractivity contribution in [3.05, 3.63) is 83.7 Å². The summed E-state index contributed by atoms with van der Waals surface area (Å²) in [5.74, 6) is -1.26. The van der Waals surface area contributed by atoms with E-state index in [0.717, 1.165) is 11.6 Å². The number of anilines is 1. The number of fused-ring (bicyclic) bond motifs is 1. The van der Waals surface area contributed by atoms with Gasteiger partial charge in [-0.2, -0.15) is 0 Å². The standard InChI is InChI=1S/C22H18FNO5S/c1-28-21-10-9-18(14-19(21)22(25)29-17-7-4-6-16(23)13-17)30(26,27)24-12-11-15-5-2-3-8-20(15)24/h2-10,13-14H,11-12H2,1H3. The van der Waals surface area contributed by atoms with Crippen molar-refractivity contribution in [2.75, 3.05) is 18.0 Å². The van der Waals surface area contributed by atoms with Crippen LogP contribution in [0.5, 0.6) is 11.5 Å². The van der Waals surface area contributed by atoms with Crippen LogP contribution in [0, 0.1) is 5.82 Å². The van der Waals surface area contributed by atoms with Crippen LogP contribution in [0.15, 0.2) is 71.6 Å². The molecule has 3 aromatic carbocycles. The second-order valence-corrected chi connectivity index (χ2v) is 8.53. The molecule has 0 saturated heterocycles. The van der Waals surface area contributed by atoms with Gasteiger partial charge in [-0.1, -0.05) is 24.3 Å². The Morgan fingerprint density at radius 3 is 2.60 bits per heavy atom. The van der Waals surface area contributed by atoms with E-state index in [1.165, 1.54) is 47.8 Å². The van der Waals surface area contributed by atoms with E-state index in [1.807, 2.05) is 12.1 Å². The van der Waals surface area contributed by atoms with Crippen LogP contribution in [0.1, 0.15) is 15.9 Å².